The van der Waals surface area contributed by atoms with Crippen molar-refractivity contribution in [3.63, 3.8) is 0 Å². The number of methoxy groups -OCH3 is 1. The second-order valence-electron chi connectivity index (χ2n) is 3.70. The van der Waals surface area contributed by atoms with Gasteiger partial charge in [-0.05, 0) is 6.92 Å². The molecule has 1 saturated heterocycles. The number of hydrogen-bond donors (Lipinski definition) is 2. The molecule has 0 bridgehead atoms. The van der Waals surface area contributed by atoms with Crippen molar-refractivity contribution in [2.24, 2.45) is 0 Å². The topological polar surface area (TPSA) is 94.5 Å². The van der Waals surface area contributed by atoms with E-state index in [9.17, 15) is 4.57 Å². The number of aliphatic hydroxyl groups excluding tert-OH is 1. The van der Waals surface area contributed by atoms with E-state index in [-0.39, 0.29) is 12.7 Å². The van der Waals surface area contributed by atoms with E-state index in [2.05, 4.69) is 0 Å². The molecule has 1 aliphatic heterocycles. The smallest absolute Gasteiger partial charge is 0.394 e. The van der Waals surface area contributed by atoms with Crippen molar-refractivity contribution in [1.82, 2.24) is 0 Å². The molecular weight excluding hydrogens is 251 g/mol. The number of aliphatic hydroxyl groups is 1. The Morgan fingerprint density at radius 1 is 1.35 bits per heavy atom. The fourth-order valence-electron chi connectivity index (χ4n) is 1.79. The first-order valence-electron chi connectivity index (χ1n) is 5.30. The maximum absolute atomic E-state index is 10.7. The fourth-order valence-corrected chi connectivity index (χ4v) is 2.25. The Kier molecular flexibility index (Phi) is 6.43. The van der Waals surface area contributed by atoms with E-state index in [4.69, 9.17) is 28.7 Å². The zero-order chi connectivity index (χ0) is 12.8. The summed E-state index contributed by atoms with van der Waals surface area (Å²) in [5.41, 5.74) is 0. The van der Waals surface area contributed by atoms with Gasteiger partial charge in [0.25, 0.3) is 0 Å². The van der Waals surface area contributed by atoms with E-state index < -0.39 is 26.6 Å². The Balaban J connectivity index is 2.58. The third-order valence-electron chi connectivity index (χ3n) is 2.53. The van der Waals surface area contributed by atoms with Crippen molar-refractivity contribution < 1.29 is 33.3 Å². The SMILES string of the molecule is COCCOC1C(C)OC(CO)C1O[P+](=O)O. The highest BCUT2D eigenvalue weighted by Gasteiger charge is 2.48. The van der Waals surface area contributed by atoms with Crippen LogP contribution in [0.3, 0.4) is 0 Å². The minimum atomic E-state index is -2.76. The molecule has 5 atom stereocenters. The van der Waals surface area contributed by atoms with Gasteiger partial charge in [0.15, 0.2) is 6.10 Å². The van der Waals surface area contributed by atoms with Crippen molar-refractivity contribution >= 4 is 8.25 Å². The molecule has 17 heavy (non-hydrogen) atoms. The van der Waals surface area contributed by atoms with Crippen LogP contribution in [0.2, 0.25) is 0 Å². The Morgan fingerprint density at radius 3 is 2.59 bits per heavy atom. The molecule has 2 N–H and O–H groups in total. The first kappa shape index (κ1) is 14.9. The molecule has 5 unspecified atom stereocenters. The van der Waals surface area contributed by atoms with Crippen molar-refractivity contribution in [3.8, 4) is 0 Å². The molecule has 1 aliphatic rings. The molecule has 1 heterocycles. The fraction of sp³-hybridized carbons (Fsp3) is 1.00. The molecule has 0 saturated carbocycles. The Hall–Kier alpha value is -0.140. The minimum Gasteiger partial charge on any atom is -0.394 e. The molecule has 1 rings (SSSR count). The zero-order valence-corrected chi connectivity index (χ0v) is 10.7. The van der Waals surface area contributed by atoms with Crippen LogP contribution in [-0.4, -0.2) is 61.3 Å². The molecule has 100 valence electrons. The highest BCUT2D eigenvalue weighted by atomic mass is 31.1. The van der Waals surface area contributed by atoms with Gasteiger partial charge in [0.2, 0.25) is 0 Å². The molecule has 0 spiro atoms. The van der Waals surface area contributed by atoms with Crippen LogP contribution in [0.4, 0.5) is 0 Å². The van der Waals surface area contributed by atoms with E-state index in [0.717, 1.165) is 0 Å². The van der Waals surface area contributed by atoms with E-state index >= 15 is 0 Å². The van der Waals surface area contributed by atoms with Crippen molar-refractivity contribution in [2.75, 3.05) is 26.9 Å². The summed E-state index contributed by atoms with van der Waals surface area (Å²) in [5.74, 6) is 0. The molecule has 0 aliphatic carbocycles. The van der Waals surface area contributed by atoms with Gasteiger partial charge in [-0.3, -0.25) is 0 Å². The number of ether oxygens (including phenoxy) is 3. The number of hydrogen-bond acceptors (Lipinski definition) is 6. The second-order valence-corrected chi connectivity index (χ2v) is 4.38. The van der Waals surface area contributed by atoms with Crippen LogP contribution < -0.4 is 0 Å². The van der Waals surface area contributed by atoms with Crippen LogP contribution in [0.1, 0.15) is 6.92 Å². The van der Waals surface area contributed by atoms with Gasteiger partial charge in [-0.2, -0.15) is 0 Å². The van der Waals surface area contributed by atoms with Gasteiger partial charge in [-0.15, -0.1) is 9.42 Å². The summed E-state index contributed by atoms with van der Waals surface area (Å²) in [5, 5.41) is 9.09. The zero-order valence-electron chi connectivity index (χ0n) is 9.81. The monoisotopic (exact) mass is 269 g/mol. The van der Waals surface area contributed by atoms with Gasteiger partial charge in [-0.25, -0.2) is 0 Å². The van der Waals surface area contributed by atoms with Crippen LogP contribution >= 0.6 is 8.25 Å². The molecule has 0 amide bonds. The Labute approximate surface area is 101 Å². The molecular formula is C9H18O7P+. The standard InChI is InChI=1S/C9H17O7P/c1-6-8(14-4-3-13-2)9(16-17(11)12)7(5-10)15-6/h6-10H,3-5H2,1-2H3/p+1. The predicted octanol–water partition coefficient (Wildman–Crippen LogP) is -0.167. The van der Waals surface area contributed by atoms with Crippen molar-refractivity contribution in [3.05, 3.63) is 0 Å². The molecule has 8 heteroatoms. The van der Waals surface area contributed by atoms with Gasteiger partial charge < -0.3 is 19.3 Å². The summed E-state index contributed by atoms with van der Waals surface area (Å²) in [7, 11) is -1.21. The molecule has 1 fully saturated rings. The molecule has 0 aromatic rings. The van der Waals surface area contributed by atoms with Crippen LogP contribution in [-0.2, 0) is 23.3 Å². The maximum Gasteiger partial charge on any atom is 0.695 e. The van der Waals surface area contributed by atoms with Crippen molar-refractivity contribution in [1.29, 1.82) is 0 Å². The van der Waals surface area contributed by atoms with Gasteiger partial charge >= 0.3 is 8.25 Å². The van der Waals surface area contributed by atoms with Crippen LogP contribution in [0, 0.1) is 0 Å². The van der Waals surface area contributed by atoms with Crippen LogP contribution in [0.25, 0.3) is 0 Å². The van der Waals surface area contributed by atoms with Crippen LogP contribution in [0.15, 0.2) is 0 Å². The summed E-state index contributed by atoms with van der Waals surface area (Å²) < 4.78 is 31.3. The first-order valence-corrected chi connectivity index (χ1v) is 6.43. The third kappa shape index (κ3) is 4.22. The predicted molar refractivity (Wildman–Crippen MR) is 57.7 cm³/mol. The molecule has 0 radical (unpaired) electrons. The minimum absolute atomic E-state index is 0.289. The third-order valence-corrected chi connectivity index (χ3v) is 2.96. The normalized spacial score (nSPS) is 34.0. The summed E-state index contributed by atoms with van der Waals surface area (Å²) in [6, 6.07) is 0. The summed E-state index contributed by atoms with van der Waals surface area (Å²) >= 11 is 0. The van der Waals surface area contributed by atoms with E-state index in [1.165, 1.54) is 0 Å². The molecule has 0 aromatic heterocycles. The van der Waals surface area contributed by atoms with Gasteiger partial charge in [0.1, 0.15) is 12.2 Å². The van der Waals surface area contributed by atoms with Crippen LogP contribution in [0.5, 0.6) is 0 Å². The van der Waals surface area contributed by atoms with E-state index in [1.807, 2.05) is 0 Å². The van der Waals surface area contributed by atoms with Gasteiger partial charge in [0.05, 0.1) is 25.9 Å². The summed E-state index contributed by atoms with van der Waals surface area (Å²) in [4.78, 5) is 8.77. The average molecular weight is 269 g/mol. The quantitative estimate of drug-likeness (QED) is 0.489. The van der Waals surface area contributed by atoms with Gasteiger partial charge in [-0.1, -0.05) is 0 Å². The average Bonchev–Trinajstić information content (AvgIpc) is 2.56. The maximum atomic E-state index is 10.7. The molecule has 0 aromatic carbocycles. The lowest BCUT2D eigenvalue weighted by molar-refractivity contribution is -0.0425. The first-order chi connectivity index (χ1) is 8.10. The largest absolute Gasteiger partial charge is 0.695 e. The lowest BCUT2D eigenvalue weighted by atomic mass is 10.1. The summed E-state index contributed by atoms with van der Waals surface area (Å²) in [6.07, 6.45) is -2.21. The Morgan fingerprint density at radius 2 is 2.06 bits per heavy atom. The second kappa shape index (κ2) is 7.33. The molecule has 7 nitrogen and oxygen atoms in total. The van der Waals surface area contributed by atoms with E-state index in [0.29, 0.717) is 13.2 Å². The van der Waals surface area contributed by atoms with Gasteiger partial charge in [0, 0.05) is 11.7 Å². The lowest BCUT2D eigenvalue weighted by Gasteiger charge is -2.18. The highest BCUT2D eigenvalue weighted by molar-refractivity contribution is 7.32. The van der Waals surface area contributed by atoms with Crippen molar-refractivity contribution in [2.45, 2.75) is 31.3 Å². The lowest BCUT2D eigenvalue weighted by Crippen LogP contribution is -2.37. The Bertz CT molecular complexity index is 249. The highest BCUT2D eigenvalue weighted by Crippen LogP contribution is 2.32. The summed E-state index contributed by atoms with van der Waals surface area (Å²) in [6.45, 7) is 2.20. The van der Waals surface area contributed by atoms with E-state index in [1.54, 1.807) is 14.0 Å². The number of rotatable bonds is 7.